The van der Waals surface area contributed by atoms with E-state index in [0.29, 0.717) is 26.3 Å². The molecule has 0 unspecified atom stereocenters. The second-order valence-corrected chi connectivity index (χ2v) is 5.69. The number of urea groups is 1. The third-order valence-corrected chi connectivity index (χ3v) is 4.06. The van der Waals surface area contributed by atoms with Crippen LogP contribution in [0.1, 0.15) is 32.3 Å². The minimum absolute atomic E-state index is 0.0391. The molecule has 2 amide bonds. The zero-order valence-electron chi connectivity index (χ0n) is 13.3. The highest BCUT2D eigenvalue weighted by Gasteiger charge is 2.49. The summed E-state index contributed by atoms with van der Waals surface area (Å²) in [5.41, 5.74) is 0.513. The number of hydrogen-bond donors (Lipinski definition) is 1. The summed E-state index contributed by atoms with van der Waals surface area (Å²) in [6, 6.07) is 9.75. The van der Waals surface area contributed by atoms with Crippen molar-refractivity contribution in [1.29, 1.82) is 0 Å². The van der Waals surface area contributed by atoms with Crippen LogP contribution in [0.15, 0.2) is 30.3 Å². The zero-order chi connectivity index (χ0) is 16.0. The van der Waals surface area contributed by atoms with Gasteiger partial charge in [0, 0.05) is 13.1 Å². The van der Waals surface area contributed by atoms with E-state index in [1.54, 1.807) is 4.90 Å². The molecule has 120 valence electrons. The number of amides is 2. The number of carbonyl (C=O) groups is 2. The molecule has 1 saturated carbocycles. The van der Waals surface area contributed by atoms with Crippen LogP contribution >= 0.6 is 0 Å². The van der Waals surface area contributed by atoms with Gasteiger partial charge < -0.3 is 15.0 Å². The Hall–Kier alpha value is -1.88. The fourth-order valence-corrected chi connectivity index (χ4v) is 2.32. The molecule has 0 spiro atoms. The standard InChI is InChI=1S/C17H24N2O3/c1-3-19(16(21)18-17(9-10-17)14(2)20)11-12-22-13-15-7-5-4-6-8-15/h4-8H,3,9-13H2,1-2H3,(H,18,21). The van der Waals surface area contributed by atoms with E-state index in [9.17, 15) is 9.59 Å². The van der Waals surface area contributed by atoms with E-state index in [1.165, 1.54) is 6.92 Å². The van der Waals surface area contributed by atoms with Gasteiger partial charge >= 0.3 is 6.03 Å². The average molecular weight is 304 g/mol. The molecule has 1 aromatic rings. The van der Waals surface area contributed by atoms with Gasteiger partial charge in [-0.15, -0.1) is 0 Å². The minimum Gasteiger partial charge on any atom is -0.375 e. The van der Waals surface area contributed by atoms with Crippen molar-refractivity contribution in [1.82, 2.24) is 10.2 Å². The van der Waals surface area contributed by atoms with Crippen molar-refractivity contribution in [3.8, 4) is 0 Å². The van der Waals surface area contributed by atoms with Gasteiger partial charge in [-0.3, -0.25) is 4.79 Å². The number of likely N-dealkylation sites (N-methyl/N-ethyl adjacent to an activating group) is 1. The first-order chi connectivity index (χ1) is 10.6. The van der Waals surface area contributed by atoms with Crippen molar-refractivity contribution < 1.29 is 14.3 Å². The molecule has 5 heteroatoms. The number of rotatable bonds is 8. The molecule has 5 nitrogen and oxygen atoms in total. The first-order valence-electron chi connectivity index (χ1n) is 7.77. The maximum absolute atomic E-state index is 12.2. The number of nitrogens with one attached hydrogen (secondary N) is 1. The Labute approximate surface area is 131 Å². The van der Waals surface area contributed by atoms with Crippen LogP contribution in [-0.4, -0.2) is 41.9 Å². The van der Waals surface area contributed by atoms with Crippen molar-refractivity contribution in [3.63, 3.8) is 0 Å². The number of Topliss-reactive ketones (excluding diaryl/α,β-unsaturated/α-hetero) is 1. The quantitative estimate of drug-likeness (QED) is 0.750. The number of ketones is 1. The Bertz CT molecular complexity index is 512. The fraction of sp³-hybridized carbons (Fsp3) is 0.529. The second kappa shape index (κ2) is 7.40. The van der Waals surface area contributed by atoms with Gasteiger partial charge in [-0.1, -0.05) is 30.3 Å². The number of nitrogens with zero attached hydrogens (tertiary/aromatic N) is 1. The largest absolute Gasteiger partial charge is 0.375 e. The van der Waals surface area contributed by atoms with Crippen molar-refractivity contribution in [2.75, 3.05) is 19.7 Å². The van der Waals surface area contributed by atoms with Crippen LogP contribution in [0.5, 0.6) is 0 Å². The molecular formula is C17H24N2O3. The van der Waals surface area contributed by atoms with E-state index in [4.69, 9.17) is 4.74 Å². The first kappa shape index (κ1) is 16.5. The van der Waals surface area contributed by atoms with Crippen molar-refractivity contribution in [3.05, 3.63) is 35.9 Å². The fourth-order valence-electron chi connectivity index (χ4n) is 2.32. The molecule has 0 atom stereocenters. The number of benzene rings is 1. The van der Waals surface area contributed by atoms with E-state index in [0.717, 1.165) is 18.4 Å². The van der Waals surface area contributed by atoms with Gasteiger partial charge in [0.25, 0.3) is 0 Å². The van der Waals surface area contributed by atoms with E-state index in [-0.39, 0.29) is 11.8 Å². The summed E-state index contributed by atoms with van der Waals surface area (Å²) in [7, 11) is 0. The molecule has 22 heavy (non-hydrogen) atoms. The molecule has 0 aliphatic heterocycles. The van der Waals surface area contributed by atoms with Gasteiger partial charge in [-0.05, 0) is 32.3 Å². The molecule has 1 aromatic carbocycles. The van der Waals surface area contributed by atoms with Gasteiger partial charge in [0.2, 0.25) is 0 Å². The van der Waals surface area contributed by atoms with Crippen molar-refractivity contribution in [2.45, 2.75) is 38.8 Å². The van der Waals surface area contributed by atoms with Gasteiger partial charge in [-0.2, -0.15) is 0 Å². The van der Waals surface area contributed by atoms with E-state index in [2.05, 4.69) is 5.32 Å². The van der Waals surface area contributed by atoms with E-state index in [1.807, 2.05) is 37.3 Å². The lowest BCUT2D eigenvalue weighted by Crippen LogP contribution is -2.49. The SMILES string of the molecule is CCN(CCOCc1ccccc1)C(=O)NC1(C(C)=O)CC1. The molecule has 1 N–H and O–H groups in total. The summed E-state index contributed by atoms with van der Waals surface area (Å²) in [6.07, 6.45) is 1.49. The minimum atomic E-state index is -0.602. The summed E-state index contributed by atoms with van der Waals surface area (Å²) in [4.78, 5) is 25.4. The maximum Gasteiger partial charge on any atom is 0.318 e. The molecule has 0 heterocycles. The summed E-state index contributed by atoms with van der Waals surface area (Å²) >= 11 is 0. The summed E-state index contributed by atoms with van der Waals surface area (Å²) < 4.78 is 5.61. The Balaban J connectivity index is 1.72. The van der Waals surface area contributed by atoms with Gasteiger partial charge in [0.1, 0.15) is 5.54 Å². The monoisotopic (exact) mass is 304 g/mol. The highest BCUT2D eigenvalue weighted by Crippen LogP contribution is 2.36. The van der Waals surface area contributed by atoms with Crippen LogP contribution in [0.3, 0.4) is 0 Å². The molecule has 1 aliphatic rings. The maximum atomic E-state index is 12.2. The molecule has 0 saturated heterocycles. The van der Waals surface area contributed by atoms with Crippen LogP contribution in [0.2, 0.25) is 0 Å². The molecule has 2 rings (SSSR count). The van der Waals surface area contributed by atoms with Crippen LogP contribution in [0, 0.1) is 0 Å². The Kier molecular flexibility index (Phi) is 5.55. The molecule has 1 aliphatic carbocycles. The first-order valence-corrected chi connectivity index (χ1v) is 7.77. The topological polar surface area (TPSA) is 58.6 Å². The molecule has 0 bridgehead atoms. The Morgan fingerprint density at radius 2 is 1.95 bits per heavy atom. The van der Waals surface area contributed by atoms with Gasteiger partial charge in [-0.25, -0.2) is 4.79 Å². The highest BCUT2D eigenvalue weighted by atomic mass is 16.5. The van der Waals surface area contributed by atoms with Crippen LogP contribution in [0.4, 0.5) is 4.79 Å². The summed E-state index contributed by atoms with van der Waals surface area (Å²) in [5, 5.41) is 2.86. The molecule has 1 fully saturated rings. The highest BCUT2D eigenvalue weighted by molar-refractivity contribution is 5.93. The number of hydrogen-bond acceptors (Lipinski definition) is 3. The Morgan fingerprint density at radius 3 is 2.50 bits per heavy atom. The predicted octanol–water partition coefficient (Wildman–Crippen LogP) is 2.36. The molecular weight excluding hydrogens is 280 g/mol. The summed E-state index contributed by atoms with van der Waals surface area (Å²) in [5.74, 6) is 0.0391. The zero-order valence-corrected chi connectivity index (χ0v) is 13.3. The number of carbonyl (C=O) groups excluding carboxylic acids is 2. The van der Waals surface area contributed by atoms with Crippen LogP contribution in [0.25, 0.3) is 0 Å². The molecule has 0 aromatic heterocycles. The lowest BCUT2D eigenvalue weighted by atomic mass is 10.2. The van der Waals surface area contributed by atoms with Gasteiger partial charge in [0.05, 0.1) is 13.2 Å². The normalized spacial score (nSPS) is 15.2. The second-order valence-electron chi connectivity index (χ2n) is 5.69. The molecule has 0 radical (unpaired) electrons. The smallest absolute Gasteiger partial charge is 0.318 e. The van der Waals surface area contributed by atoms with Gasteiger partial charge in [0.15, 0.2) is 5.78 Å². The number of ether oxygens (including phenoxy) is 1. The van der Waals surface area contributed by atoms with Crippen LogP contribution in [-0.2, 0) is 16.1 Å². The summed E-state index contributed by atoms with van der Waals surface area (Å²) in [6.45, 7) is 5.58. The van der Waals surface area contributed by atoms with Crippen LogP contribution < -0.4 is 5.32 Å². The van der Waals surface area contributed by atoms with Crippen molar-refractivity contribution >= 4 is 11.8 Å². The third kappa shape index (κ3) is 4.31. The average Bonchev–Trinajstić information content (AvgIpc) is 3.29. The van der Waals surface area contributed by atoms with E-state index < -0.39 is 5.54 Å². The lowest BCUT2D eigenvalue weighted by Gasteiger charge is -2.24. The predicted molar refractivity (Wildman–Crippen MR) is 84.5 cm³/mol. The van der Waals surface area contributed by atoms with Crippen molar-refractivity contribution in [2.24, 2.45) is 0 Å². The Morgan fingerprint density at radius 1 is 1.27 bits per heavy atom. The third-order valence-electron chi connectivity index (χ3n) is 4.06. The lowest BCUT2D eigenvalue weighted by molar-refractivity contribution is -0.119. The van der Waals surface area contributed by atoms with E-state index >= 15 is 0 Å².